The van der Waals surface area contributed by atoms with Gasteiger partial charge in [0.1, 0.15) is 0 Å². The minimum atomic E-state index is -0.104. The van der Waals surface area contributed by atoms with Crippen molar-refractivity contribution < 1.29 is 4.79 Å². The summed E-state index contributed by atoms with van der Waals surface area (Å²) in [7, 11) is 0. The van der Waals surface area contributed by atoms with Crippen LogP contribution in [0.3, 0.4) is 0 Å². The van der Waals surface area contributed by atoms with Crippen molar-refractivity contribution in [3.8, 4) is 0 Å². The number of anilines is 2. The number of hydrogen-bond donors (Lipinski definition) is 2. The van der Waals surface area contributed by atoms with E-state index < -0.39 is 0 Å². The van der Waals surface area contributed by atoms with Gasteiger partial charge in [0.15, 0.2) is 0 Å². The predicted octanol–water partition coefficient (Wildman–Crippen LogP) is 3.45. The van der Waals surface area contributed by atoms with Gasteiger partial charge in [-0.3, -0.25) is 4.79 Å². The third-order valence-electron chi connectivity index (χ3n) is 3.30. The molecule has 2 rings (SSSR count). The molecule has 1 amide bonds. The van der Waals surface area contributed by atoms with Crippen LogP contribution in [0, 0.1) is 20.8 Å². The van der Waals surface area contributed by atoms with Crippen molar-refractivity contribution in [1.29, 1.82) is 0 Å². The zero-order chi connectivity index (χ0) is 14.0. The number of nitrogen functional groups attached to an aromatic ring is 1. The van der Waals surface area contributed by atoms with E-state index in [1.807, 2.05) is 45.0 Å². The van der Waals surface area contributed by atoms with Crippen molar-refractivity contribution in [1.82, 2.24) is 0 Å². The summed E-state index contributed by atoms with van der Waals surface area (Å²) >= 11 is 0. The maximum Gasteiger partial charge on any atom is 0.255 e. The molecular formula is C16H18N2O. The van der Waals surface area contributed by atoms with Crippen LogP contribution >= 0.6 is 0 Å². The topological polar surface area (TPSA) is 55.1 Å². The molecule has 0 radical (unpaired) electrons. The van der Waals surface area contributed by atoms with Crippen molar-refractivity contribution in [2.45, 2.75) is 20.8 Å². The van der Waals surface area contributed by atoms with Crippen LogP contribution in [0.5, 0.6) is 0 Å². The Bertz CT molecular complexity index is 633. The van der Waals surface area contributed by atoms with Gasteiger partial charge in [0, 0.05) is 16.9 Å². The highest BCUT2D eigenvalue weighted by molar-refractivity contribution is 6.04. The van der Waals surface area contributed by atoms with Gasteiger partial charge in [0.25, 0.3) is 5.91 Å². The van der Waals surface area contributed by atoms with Crippen molar-refractivity contribution >= 4 is 17.3 Å². The zero-order valence-electron chi connectivity index (χ0n) is 11.4. The summed E-state index contributed by atoms with van der Waals surface area (Å²) < 4.78 is 0. The second-order valence-electron chi connectivity index (χ2n) is 4.82. The normalized spacial score (nSPS) is 10.3. The highest BCUT2D eigenvalue weighted by atomic mass is 16.1. The largest absolute Gasteiger partial charge is 0.399 e. The summed E-state index contributed by atoms with van der Waals surface area (Å²) in [4.78, 5) is 12.1. The Morgan fingerprint density at radius 1 is 0.947 bits per heavy atom. The summed E-state index contributed by atoms with van der Waals surface area (Å²) in [6.07, 6.45) is 0. The number of carbonyl (C=O) groups is 1. The van der Waals surface area contributed by atoms with Gasteiger partial charge in [-0.05, 0) is 67.8 Å². The highest BCUT2D eigenvalue weighted by Gasteiger charge is 2.07. The summed E-state index contributed by atoms with van der Waals surface area (Å²) in [5.74, 6) is -0.104. The molecule has 3 nitrogen and oxygen atoms in total. The van der Waals surface area contributed by atoms with E-state index in [9.17, 15) is 4.79 Å². The third kappa shape index (κ3) is 2.94. The SMILES string of the molecule is Cc1ccc(C(=O)Nc2ccc(N)c(C)c2)cc1C. The van der Waals surface area contributed by atoms with E-state index in [2.05, 4.69) is 5.32 Å². The van der Waals surface area contributed by atoms with Crippen molar-refractivity contribution in [2.75, 3.05) is 11.1 Å². The van der Waals surface area contributed by atoms with E-state index in [1.165, 1.54) is 5.56 Å². The molecule has 3 N–H and O–H groups in total. The molecule has 0 aromatic heterocycles. The number of carbonyl (C=O) groups excluding carboxylic acids is 1. The Balaban J connectivity index is 2.20. The fraction of sp³-hybridized carbons (Fsp3) is 0.188. The molecule has 0 heterocycles. The molecular weight excluding hydrogens is 236 g/mol. The Kier molecular flexibility index (Phi) is 3.56. The molecule has 3 heteroatoms. The highest BCUT2D eigenvalue weighted by Crippen LogP contribution is 2.18. The first-order valence-electron chi connectivity index (χ1n) is 6.22. The van der Waals surface area contributed by atoms with Gasteiger partial charge in [-0.25, -0.2) is 0 Å². The molecule has 0 atom stereocenters. The average molecular weight is 254 g/mol. The van der Waals surface area contributed by atoms with Gasteiger partial charge in [-0.1, -0.05) is 6.07 Å². The van der Waals surface area contributed by atoms with Crippen molar-refractivity contribution in [3.05, 3.63) is 58.7 Å². The average Bonchev–Trinajstić information content (AvgIpc) is 2.37. The lowest BCUT2D eigenvalue weighted by Gasteiger charge is -2.09. The molecule has 0 spiro atoms. The molecule has 0 unspecified atom stereocenters. The standard InChI is InChI=1S/C16H18N2O/c1-10-4-5-13(8-11(10)2)16(19)18-14-6-7-15(17)12(3)9-14/h4-9H,17H2,1-3H3,(H,18,19). The number of aryl methyl sites for hydroxylation is 3. The smallest absolute Gasteiger partial charge is 0.255 e. The van der Waals surface area contributed by atoms with Crippen molar-refractivity contribution in [3.63, 3.8) is 0 Å². The second kappa shape index (κ2) is 5.14. The molecule has 0 aliphatic heterocycles. The van der Waals surface area contributed by atoms with E-state index in [0.29, 0.717) is 5.56 Å². The van der Waals surface area contributed by atoms with Crippen LogP contribution in [0.15, 0.2) is 36.4 Å². The lowest BCUT2D eigenvalue weighted by atomic mass is 10.1. The quantitative estimate of drug-likeness (QED) is 0.806. The molecule has 98 valence electrons. The number of hydrogen-bond acceptors (Lipinski definition) is 2. The van der Waals surface area contributed by atoms with Crippen LogP contribution in [-0.2, 0) is 0 Å². The van der Waals surface area contributed by atoms with Crippen molar-refractivity contribution in [2.24, 2.45) is 0 Å². The number of nitrogens with two attached hydrogens (primary N) is 1. The number of benzene rings is 2. The van der Waals surface area contributed by atoms with Gasteiger partial charge in [-0.15, -0.1) is 0 Å². The van der Waals surface area contributed by atoms with E-state index >= 15 is 0 Å². The third-order valence-corrected chi connectivity index (χ3v) is 3.30. The molecule has 0 aliphatic rings. The fourth-order valence-corrected chi connectivity index (χ4v) is 1.84. The summed E-state index contributed by atoms with van der Waals surface area (Å²) in [6.45, 7) is 5.95. The molecule has 0 aliphatic carbocycles. The number of nitrogens with one attached hydrogen (secondary N) is 1. The van der Waals surface area contributed by atoms with Crippen LogP contribution in [0.4, 0.5) is 11.4 Å². The first-order valence-corrected chi connectivity index (χ1v) is 6.22. The van der Waals surface area contributed by atoms with Gasteiger partial charge in [0.05, 0.1) is 0 Å². The molecule has 2 aromatic rings. The lowest BCUT2D eigenvalue weighted by molar-refractivity contribution is 0.102. The van der Waals surface area contributed by atoms with Crippen LogP contribution < -0.4 is 11.1 Å². The summed E-state index contributed by atoms with van der Waals surface area (Å²) in [5.41, 5.74) is 11.2. The first kappa shape index (κ1) is 13.1. The number of rotatable bonds is 2. The molecule has 0 saturated carbocycles. The minimum Gasteiger partial charge on any atom is -0.399 e. The van der Waals surface area contributed by atoms with Gasteiger partial charge >= 0.3 is 0 Å². The van der Waals surface area contributed by atoms with Gasteiger partial charge in [-0.2, -0.15) is 0 Å². The van der Waals surface area contributed by atoms with Gasteiger partial charge in [0.2, 0.25) is 0 Å². The maximum absolute atomic E-state index is 12.1. The van der Waals surface area contributed by atoms with E-state index in [-0.39, 0.29) is 5.91 Å². The molecule has 0 saturated heterocycles. The Morgan fingerprint density at radius 3 is 2.32 bits per heavy atom. The zero-order valence-corrected chi connectivity index (χ0v) is 11.4. The Morgan fingerprint density at radius 2 is 1.68 bits per heavy atom. The van der Waals surface area contributed by atoms with Crippen LogP contribution in [0.2, 0.25) is 0 Å². The minimum absolute atomic E-state index is 0.104. The van der Waals surface area contributed by atoms with Crippen LogP contribution in [-0.4, -0.2) is 5.91 Å². The van der Waals surface area contributed by atoms with Gasteiger partial charge < -0.3 is 11.1 Å². The van der Waals surface area contributed by atoms with E-state index in [0.717, 1.165) is 22.5 Å². The lowest BCUT2D eigenvalue weighted by Crippen LogP contribution is -2.12. The van der Waals surface area contributed by atoms with Crippen LogP contribution in [0.25, 0.3) is 0 Å². The predicted molar refractivity (Wildman–Crippen MR) is 79.5 cm³/mol. The Labute approximate surface area is 113 Å². The van der Waals surface area contributed by atoms with E-state index in [1.54, 1.807) is 12.1 Å². The molecule has 0 fully saturated rings. The van der Waals surface area contributed by atoms with Crippen LogP contribution in [0.1, 0.15) is 27.0 Å². The first-order chi connectivity index (χ1) is 8.97. The Hall–Kier alpha value is -2.29. The molecule has 19 heavy (non-hydrogen) atoms. The monoisotopic (exact) mass is 254 g/mol. The fourth-order valence-electron chi connectivity index (χ4n) is 1.84. The number of amides is 1. The second-order valence-corrected chi connectivity index (χ2v) is 4.82. The van der Waals surface area contributed by atoms with E-state index in [4.69, 9.17) is 5.73 Å². The maximum atomic E-state index is 12.1. The summed E-state index contributed by atoms with van der Waals surface area (Å²) in [5, 5.41) is 2.88. The summed E-state index contributed by atoms with van der Waals surface area (Å²) in [6, 6.07) is 11.2. The molecule has 2 aromatic carbocycles. The molecule has 0 bridgehead atoms.